The number of hydrogen-bond acceptors (Lipinski definition) is 2. The summed E-state index contributed by atoms with van der Waals surface area (Å²) in [6, 6.07) is 8.42. The van der Waals surface area contributed by atoms with Gasteiger partial charge in [-0.1, -0.05) is 25.3 Å². The van der Waals surface area contributed by atoms with Crippen molar-refractivity contribution in [1.82, 2.24) is 0 Å². The first-order chi connectivity index (χ1) is 9.74. The van der Waals surface area contributed by atoms with Crippen molar-refractivity contribution in [1.29, 1.82) is 5.26 Å². The normalized spacial score (nSPS) is 21.7. The Morgan fingerprint density at radius 1 is 1.05 bits per heavy atom. The molecule has 106 valence electrons. The number of benzene rings is 1. The number of rotatable bonds is 1. The molecule has 1 aromatic carbocycles. The molecule has 3 rings (SSSR count). The zero-order chi connectivity index (χ0) is 14.0. The van der Waals surface area contributed by atoms with Gasteiger partial charge in [-0.3, -0.25) is 0 Å². The van der Waals surface area contributed by atoms with Crippen molar-refractivity contribution in [2.24, 2.45) is 5.41 Å². The molecule has 1 aromatic rings. The minimum Gasteiger partial charge on any atom is -0.370 e. The maximum absolute atomic E-state index is 9.37. The Kier molecular flexibility index (Phi) is 4.03. The fourth-order valence-corrected chi connectivity index (χ4v) is 4.36. The monoisotopic (exact) mass is 332 g/mol. The van der Waals surface area contributed by atoms with Gasteiger partial charge in [0.05, 0.1) is 11.3 Å². The zero-order valence-electron chi connectivity index (χ0n) is 11.9. The highest BCUT2D eigenvalue weighted by Crippen LogP contribution is 2.45. The van der Waals surface area contributed by atoms with E-state index in [9.17, 15) is 5.26 Å². The van der Waals surface area contributed by atoms with Crippen molar-refractivity contribution in [3.05, 3.63) is 28.2 Å². The first kappa shape index (κ1) is 13.9. The van der Waals surface area contributed by atoms with Crippen molar-refractivity contribution in [2.45, 2.75) is 44.9 Å². The molecule has 1 saturated heterocycles. The summed E-state index contributed by atoms with van der Waals surface area (Å²) < 4.78 is 0.912. The number of hydrogen-bond donors (Lipinski definition) is 0. The van der Waals surface area contributed by atoms with Crippen molar-refractivity contribution in [2.75, 3.05) is 18.0 Å². The molecule has 1 heterocycles. The van der Waals surface area contributed by atoms with Gasteiger partial charge in [-0.2, -0.15) is 5.26 Å². The lowest BCUT2D eigenvalue weighted by Crippen LogP contribution is -2.41. The molecule has 0 unspecified atom stereocenters. The highest BCUT2D eigenvalue weighted by atomic mass is 79.9. The Hall–Kier alpha value is -1.01. The third kappa shape index (κ3) is 2.59. The lowest BCUT2D eigenvalue weighted by atomic mass is 9.68. The van der Waals surface area contributed by atoms with E-state index in [1.807, 2.05) is 12.1 Å². The smallest absolute Gasteiger partial charge is 0.103 e. The van der Waals surface area contributed by atoms with Crippen LogP contribution in [0.1, 0.15) is 50.5 Å². The van der Waals surface area contributed by atoms with E-state index < -0.39 is 0 Å². The van der Waals surface area contributed by atoms with Crippen LogP contribution in [0, 0.1) is 16.7 Å². The van der Waals surface area contributed by atoms with Crippen LogP contribution < -0.4 is 4.90 Å². The third-order valence-electron chi connectivity index (χ3n) is 5.18. The van der Waals surface area contributed by atoms with E-state index in [2.05, 4.69) is 33.0 Å². The first-order valence-corrected chi connectivity index (χ1v) is 8.47. The van der Waals surface area contributed by atoms with Crippen molar-refractivity contribution in [3.8, 4) is 6.07 Å². The lowest BCUT2D eigenvalue weighted by Gasteiger charge is -2.45. The molecule has 1 spiro atoms. The van der Waals surface area contributed by atoms with Crippen LogP contribution in [0.25, 0.3) is 0 Å². The van der Waals surface area contributed by atoms with Gasteiger partial charge < -0.3 is 4.90 Å². The number of anilines is 1. The molecule has 3 heteroatoms. The van der Waals surface area contributed by atoms with Crippen LogP contribution in [0.15, 0.2) is 22.7 Å². The average Bonchev–Trinajstić information content (AvgIpc) is 2.49. The standard InChI is InChI=1S/C17H21BrN2/c18-15-5-4-6-16(14(15)13-19)20-11-9-17(10-12-20)7-2-1-3-8-17/h4-6H,1-3,7-12H2. The van der Waals surface area contributed by atoms with Crippen LogP contribution in [0.5, 0.6) is 0 Å². The first-order valence-electron chi connectivity index (χ1n) is 7.68. The van der Waals surface area contributed by atoms with E-state index in [1.54, 1.807) is 0 Å². The van der Waals surface area contributed by atoms with Gasteiger partial charge in [-0.25, -0.2) is 0 Å². The molecule has 0 atom stereocenters. The predicted molar refractivity (Wildman–Crippen MR) is 85.8 cm³/mol. The van der Waals surface area contributed by atoms with Gasteiger partial charge in [0.1, 0.15) is 6.07 Å². The summed E-state index contributed by atoms with van der Waals surface area (Å²) >= 11 is 3.49. The lowest BCUT2D eigenvalue weighted by molar-refractivity contribution is 0.144. The molecule has 0 N–H and O–H groups in total. The maximum Gasteiger partial charge on any atom is 0.103 e. The van der Waals surface area contributed by atoms with Crippen LogP contribution >= 0.6 is 15.9 Å². The third-order valence-corrected chi connectivity index (χ3v) is 5.84. The molecular weight excluding hydrogens is 312 g/mol. The predicted octanol–water partition coefficient (Wildman–Crippen LogP) is 4.87. The largest absolute Gasteiger partial charge is 0.370 e. The zero-order valence-corrected chi connectivity index (χ0v) is 13.5. The van der Waals surface area contributed by atoms with Gasteiger partial charge in [0.25, 0.3) is 0 Å². The Bertz CT molecular complexity index is 516. The van der Waals surface area contributed by atoms with Crippen LogP contribution in [-0.2, 0) is 0 Å². The molecule has 0 radical (unpaired) electrons. The second kappa shape index (κ2) is 5.77. The van der Waals surface area contributed by atoms with Gasteiger partial charge in [0, 0.05) is 17.6 Å². The van der Waals surface area contributed by atoms with Gasteiger partial charge in [0.2, 0.25) is 0 Å². The molecule has 2 aliphatic rings. The van der Waals surface area contributed by atoms with Crippen molar-refractivity contribution >= 4 is 21.6 Å². The SMILES string of the molecule is N#Cc1c(Br)cccc1N1CCC2(CCCCC2)CC1. The highest BCUT2D eigenvalue weighted by molar-refractivity contribution is 9.10. The van der Waals surface area contributed by atoms with Crippen molar-refractivity contribution in [3.63, 3.8) is 0 Å². The quantitative estimate of drug-likeness (QED) is 0.733. The van der Waals surface area contributed by atoms with Crippen LogP contribution in [0.4, 0.5) is 5.69 Å². The van der Waals surface area contributed by atoms with E-state index in [0.717, 1.165) is 28.8 Å². The summed E-state index contributed by atoms with van der Waals surface area (Å²) in [5.41, 5.74) is 2.51. The number of nitrogens with zero attached hydrogens (tertiary/aromatic N) is 2. The van der Waals surface area contributed by atoms with Gasteiger partial charge >= 0.3 is 0 Å². The fourth-order valence-electron chi connectivity index (χ4n) is 3.91. The van der Waals surface area contributed by atoms with Gasteiger partial charge in [-0.15, -0.1) is 0 Å². The minimum absolute atomic E-state index is 0.619. The molecule has 0 bridgehead atoms. The van der Waals surface area contributed by atoms with Crippen LogP contribution in [0.2, 0.25) is 0 Å². The second-order valence-corrected chi connectivity index (χ2v) is 7.15. The number of piperidine rings is 1. The van der Waals surface area contributed by atoms with E-state index in [4.69, 9.17) is 0 Å². The molecule has 2 nitrogen and oxygen atoms in total. The molecule has 1 aliphatic carbocycles. The number of nitriles is 1. The Labute approximate surface area is 129 Å². The molecule has 20 heavy (non-hydrogen) atoms. The second-order valence-electron chi connectivity index (χ2n) is 6.29. The Balaban J connectivity index is 1.75. The molecule has 0 amide bonds. The van der Waals surface area contributed by atoms with Crippen molar-refractivity contribution < 1.29 is 0 Å². The number of halogens is 1. The Morgan fingerprint density at radius 2 is 1.75 bits per heavy atom. The molecule has 1 aliphatic heterocycles. The molecule has 2 fully saturated rings. The Morgan fingerprint density at radius 3 is 2.40 bits per heavy atom. The summed E-state index contributed by atoms with van der Waals surface area (Å²) in [4.78, 5) is 2.41. The minimum atomic E-state index is 0.619. The topological polar surface area (TPSA) is 27.0 Å². The summed E-state index contributed by atoms with van der Waals surface area (Å²) in [5.74, 6) is 0. The maximum atomic E-state index is 9.37. The molecular formula is C17H21BrN2. The molecule has 0 aromatic heterocycles. The van der Waals surface area contributed by atoms with E-state index in [0.29, 0.717) is 5.41 Å². The average molecular weight is 333 g/mol. The van der Waals surface area contributed by atoms with E-state index >= 15 is 0 Å². The summed E-state index contributed by atoms with van der Waals surface area (Å²) in [7, 11) is 0. The summed E-state index contributed by atoms with van der Waals surface area (Å²) in [6.07, 6.45) is 9.69. The van der Waals surface area contributed by atoms with Gasteiger partial charge in [0.15, 0.2) is 0 Å². The van der Waals surface area contributed by atoms with E-state index in [-0.39, 0.29) is 0 Å². The molecule has 1 saturated carbocycles. The summed E-state index contributed by atoms with van der Waals surface area (Å²) in [6.45, 7) is 2.20. The highest BCUT2D eigenvalue weighted by Gasteiger charge is 2.35. The summed E-state index contributed by atoms with van der Waals surface area (Å²) in [5, 5.41) is 9.37. The van der Waals surface area contributed by atoms with Gasteiger partial charge in [-0.05, 0) is 59.2 Å². The van der Waals surface area contributed by atoms with Crippen LogP contribution in [0.3, 0.4) is 0 Å². The van der Waals surface area contributed by atoms with Crippen LogP contribution in [-0.4, -0.2) is 13.1 Å². The fraction of sp³-hybridized carbons (Fsp3) is 0.588. The van der Waals surface area contributed by atoms with E-state index in [1.165, 1.54) is 44.9 Å².